The highest BCUT2D eigenvalue weighted by molar-refractivity contribution is 5.76. The van der Waals surface area contributed by atoms with E-state index >= 15 is 0 Å². The van der Waals surface area contributed by atoms with Crippen molar-refractivity contribution in [1.82, 2.24) is 5.32 Å². The normalized spacial score (nSPS) is 25.2. The molecule has 0 radical (unpaired) electrons. The average molecular weight is 560 g/mol. The molecular weight excluding hydrogens is 502 g/mol. The molecule has 0 aromatic rings. The van der Waals surface area contributed by atoms with Crippen molar-refractivity contribution < 1.29 is 39.8 Å². The van der Waals surface area contributed by atoms with Gasteiger partial charge in [0.05, 0.1) is 25.4 Å². The first-order valence-corrected chi connectivity index (χ1v) is 15.4. The number of carbonyl (C=O) groups excluding carboxylic acids is 1. The number of allylic oxidation sites excluding steroid dienone is 2. The third-order valence-electron chi connectivity index (χ3n) is 7.35. The predicted molar refractivity (Wildman–Crippen MR) is 152 cm³/mol. The van der Waals surface area contributed by atoms with Crippen LogP contribution in [0.4, 0.5) is 0 Å². The first-order chi connectivity index (χ1) is 18.8. The number of unbranched alkanes of at least 4 members (excludes halogenated alkanes) is 11. The van der Waals surface area contributed by atoms with Gasteiger partial charge in [-0.15, -0.1) is 0 Å². The van der Waals surface area contributed by atoms with Gasteiger partial charge in [0.1, 0.15) is 24.4 Å². The zero-order chi connectivity index (χ0) is 28.9. The van der Waals surface area contributed by atoms with Gasteiger partial charge in [-0.1, -0.05) is 90.2 Å². The molecular formula is C30H57NO8. The smallest absolute Gasteiger partial charge is 0.220 e. The van der Waals surface area contributed by atoms with Crippen molar-refractivity contribution in [2.24, 2.45) is 0 Å². The Labute approximate surface area is 236 Å². The fourth-order valence-electron chi connectivity index (χ4n) is 4.75. The Kier molecular flexibility index (Phi) is 20.8. The summed E-state index contributed by atoms with van der Waals surface area (Å²) in [5.74, 6) is -0.165. The SMILES string of the molecule is CCC/C=C\CCCCCCCC(=O)NC(COC1OC(CO)C(O)C(O)C1O)C(O)CCCCCCCC. The van der Waals surface area contributed by atoms with Crippen LogP contribution in [-0.4, -0.2) is 87.5 Å². The van der Waals surface area contributed by atoms with Crippen LogP contribution in [0.3, 0.4) is 0 Å². The van der Waals surface area contributed by atoms with Crippen molar-refractivity contribution in [3.63, 3.8) is 0 Å². The first kappa shape index (κ1) is 36.0. The summed E-state index contributed by atoms with van der Waals surface area (Å²) < 4.78 is 11.1. The lowest BCUT2D eigenvalue weighted by molar-refractivity contribution is -0.302. The number of carbonyl (C=O) groups is 1. The molecule has 1 fully saturated rings. The molecule has 0 aromatic heterocycles. The number of nitrogens with one attached hydrogen (secondary N) is 1. The second-order valence-electron chi connectivity index (χ2n) is 10.9. The van der Waals surface area contributed by atoms with Gasteiger partial charge in [-0.2, -0.15) is 0 Å². The second kappa shape index (κ2) is 22.6. The first-order valence-electron chi connectivity index (χ1n) is 15.4. The van der Waals surface area contributed by atoms with Crippen LogP contribution in [0.15, 0.2) is 12.2 Å². The van der Waals surface area contributed by atoms with Gasteiger partial charge >= 0.3 is 0 Å². The lowest BCUT2D eigenvalue weighted by atomic mass is 9.99. The molecule has 9 nitrogen and oxygen atoms in total. The van der Waals surface area contributed by atoms with Crippen LogP contribution < -0.4 is 5.32 Å². The predicted octanol–water partition coefficient (Wildman–Crippen LogP) is 3.49. The van der Waals surface area contributed by atoms with Gasteiger partial charge in [0.15, 0.2) is 6.29 Å². The van der Waals surface area contributed by atoms with Crippen LogP contribution in [0, 0.1) is 0 Å². The zero-order valence-electron chi connectivity index (χ0n) is 24.4. The van der Waals surface area contributed by atoms with E-state index < -0.39 is 49.5 Å². The molecule has 1 heterocycles. The number of hydrogen-bond acceptors (Lipinski definition) is 8. The molecule has 230 valence electrons. The average Bonchev–Trinajstić information content (AvgIpc) is 2.93. The third kappa shape index (κ3) is 15.5. The van der Waals surface area contributed by atoms with E-state index in [0.717, 1.165) is 64.2 Å². The number of aliphatic hydroxyl groups is 5. The lowest BCUT2D eigenvalue weighted by Gasteiger charge is -2.40. The minimum absolute atomic E-state index is 0.142. The van der Waals surface area contributed by atoms with Crippen LogP contribution >= 0.6 is 0 Å². The van der Waals surface area contributed by atoms with Gasteiger partial charge < -0.3 is 40.3 Å². The Hall–Kier alpha value is -1.07. The molecule has 7 atom stereocenters. The Balaban J connectivity index is 2.52. The Bertz CT molecular complexity index is 632. The van der Waals surface area contributed by atoms with E-state index in [9.17, 15) is 30.3 Å². The summed E-state index contributed by atoms with van der Waals surface area (Å²) in [5, 5.41) is 53.4. The van der Waals surface area contributed by atoms with Gasteiger partial charge in [0, 0.05) is 6.42 Å². The summed E-state index contributed by atoms with van der Waals surface area (Å²) >= 11 is 0. The van der Waals surface area contributed by atoms with Crippen molar-refractivity contribution in [1.29, 1.82) is 0 Å². The maximum absolute atomic E-state index is 12.7. The van der Waals surface area contributed by atoms with E-state index in [-0.39, 0.29) is 12.5 Å². The maximum Gasteiger partial charge on any atom is 0.220 e. The molecule has 39 heavy (non-hydrogen) atoms. The molecule has 1 saturated heterocycles. The van der Waals surface area contributed by atoms with E-state index in [4.69, 9.17) is 9.47 Å². The number of amides is 1. The van der Waals surface area contributed by atoms with Crippen molar-refractivity contribution in [3.05, 3.63) is 12.2 Å². The van der Waals surface area contributed by atoms with Gasteiger partial charge in [0.25, 0.3) is 0 Å². The fraction of sp³-hybridized carbons (Fsp3) is 0.900. The molecule has 1 rings (SSSR count). The summed E-state index contributed by atoms with van der Waals surface area (Å²) in [6.07, 6.45) is 12.6. The third-order valence-corrected chi connectivity index (χ3v) is 7.35. The van der Waals surface area contributed by atoms with Crippen LogP contribution in [0.25, 0.3) is 0 Å². The van der Waals surface area contributed by atoms with E-state index in [0.29, 0.717) is 12.8 Å². The van der Waals surface area contributed by atoms with Gasteiger partial charge in [-0.3, -0.25) is 4.79 Å². The highest BCUT2D eigenvalue weighted by atomic mass is 16.7. The second-order valence-corrected chi connectivity index (χ2v) is 10.9. The number of aliphatic hydroxyl groups excluding tert-OH is 5. The molecule has 0 saturated carbocycles. The molecule has 1 amide bonds. The summed E-state index contributed by atoms with van der Waals surface area (Å²) in [7, 11) is 0. The monoisotopic (exact) mass is 559 g/mol. The van der Waals surface area contributed by atoms with Crippen molar-refractivity contribution in [2.45, 2.75) is 159 Å². The van der Waals surface area contributed by atoms with Crippen LogP contribution in [-0.2, 0) is 14.3 Å². The molecule has 1 aliphatic heterocycles. The summed E-state index contributed by atoms with van der Waals surface area (Å²) in [4.78, 5) is 12.7. The van der Waals surface area contributed by atoms with Crippen LogP contribution in [0.2, 0.25) is 0 Å². The van der Waals surface area contributed by atoms with Crippen LogP contribution in [0.5, 0.6) is 0 Å². The number of rotatable bonds is 23. The minimum Gasteiger partial charge on any atom is -0.394 e. The summed E-state index contributed by atoms with van der Waals surface area (Å²) in [6, 6.07) is -0.713. The number of hydrogen-bond donors (Lipinski definition) is 6. The molecule has 7 unspecified atom stereocenters. The quantitative estimate of drug-likeness (QED) is 0.0823. The summed E-state index contributed by atoms with van der Waals surface area (Å²) in [6.45, 7) is 3.64. The van der Waals surface area contributed by atoms with Crippen LogP contribution in [0.1, 0.15) is 117 Å². The Morgan fingerprint density at radius 2 is 1.49 bits per heavy atom. The van der Waals surface area contributed by atoms with Crippen molar-refractivity contribution in [3.8, 4) is 0 Å². The standard InChI is InChI=1S/C30H57NO8/c1-3-5-7-9-11-12-13-14-16-18-20-26(34)31-23(24(33)19-17-15-10-8-6-4-2)22-38-30-29(37)28(36)27(35)25(21-32)39-30/h7,9,23-25,27-30,32-33,35-37H,3-6,8,10-22H2,1-2H3,(H,31,34)/b9-7-. The molecule has 0 spiro atoms. The van der Waals surface area contributed by atoms with E-state index in [1.54, 1.807) is 0 Å². The maximum atomic E-state index is 12.7. The highest BCUT2D eigenvalue weighted by Crippen LogP contribution is 2.22. The molecule has 0 aliphatic carbocycles. The Morgan fingerprint density at radius 3 is 2.18 bits per heavy atom. The van der Waals surface area contributed by atoms with Crippen molar-refractivity contribution >= 4 is 5.91 Å². The van der Waals surface area contributed by atoms with Crippen molar-refractivity contribution in [2.75, 3.05) is 13.2 Å². The highest BCUT2D eigenvalue weighted by Gasteiger charge is 2.44. The van der Waals surface area contributed by atoms with E-state index in [2.05, 4.69) is 31.3 Å². The molecule has 0 bridgehead atoms. The van der Waals surface area contributed by atoms with E-state index in [1.807, 2.05) is 0 Å². The molecule has 6 N–H and O–H groups in total. The van der Waals surface area contributed by atoms with Gasteiger partial charge in [0.2, 0.25) is 5.91 Å². The largest absolute Gasteiger partial charge is 0.394 e. The van der Waals surface area contributed by atoms with E-state index in [1.165, 1.54) is 25.7 Å². The topological polar surface area (TPSA) is 149 Å². The fourth-order valence-corrected chi connectivity index (χ4v) is 4.75. The molecule has 0 aromatic carbocycles. The Morgan fingerprint density at radius 1 is 0.846 bits per heavy atom. The van der Waals surface area contributed by atoms with Gasteiger partial charge in [-0.25, -0.2) is 0 Å². The molecule has 1 aliphatic rings. The number of ether oxygens (including phenoxy) is 2. The summed E-state index contributed by atoms with van der Waals surface area (Å²) in [5.41, 5.74) is 0. The minimum atomic E-state index is -1.55. The molecule has 9 heteroatoms. The van der Waals surface area contributed by atoms with Gasteiger partial charge in [-0.05, 0) is 32.1 Å². The zero-order valence-corrected chi connectivity index (χ0v) is 24.4. The lowest BCUT2D eigenvalue weighted by Crippen LogP contribution is -2.60.